The highest BCUT2D eigenvalue weighted by Crippen LogP contribution is 2.20. The molecule has 0 atom stereocenters. The van der Waals surface area contributed by atoms with E-state index >= 15 is 0 Å². The van der Waals surface area contributed by atoms with Crippen molar-refractivity contribution in [1.29, 1.82) is 0 Å². The van der Waals surface area contributed by atoms with Crippen molar-refractivity contribution in [3.8, 4) is 0 Å². The van der Waals surface area contributed by atoms with Gasteiger partial charge in [0.2, 0.25) is 0 Å². The normalized spacial score (nSPS) is 15.7. The highest BCUT2D eigenvalue weighted by Gasteiger charge is 2.12. The molecule has 1 fully saturated rings. The van der Waals surface area contributed by atoms with Gasteiger partial charge in [-0.1, -0.05) is 31.1 Å². The Labute approximate surface area is 159 Å². The van der Waals surface area contributed by atoms with E-state index in [1.807, 2.05) is 29.7 Å². The summed E-state index contributed by atoms with van der Waals surface area (Å²) in [6.45, 7) is 6.08. The lowest BCUT2D eigenvalue weighted by Gasteiger charge is -2.19. The molecule has 0 radical (unpaired) electrons. The number of Topliss-reactive ketones (excluding diaryl/α,β-unsaturated/α-hetero) is 1. The van der Waals surface area contributed by atoms with Gasteiger partial charge in [0, 0.05) is 18.5 Å². The molecule has 0 amide bonds. The highest BCUT2D eigenvalue weighted by atomic mass is 35.5. The molecule has 1 aromatic heterocycles. The maximum absolute atomic E-state index is 12.3. The quantitative estimate of drug-likeness (QED) is 0.698. The molecule has 1 aromatic carbocycles. The fourth-order valence-electron chi connectivity index (χ4n) is 3.47. The number of likely N-dealkylation sites (tertiary alicyclic amines) is 1. The third-order valence-electron chi connectivity index (χ3n) is 4.87. The Hall–Kier alpha value is -1.17. The lowest BCUT2D eigenvalue weighted by molar-refractivity contribution is 0.0988. The summed E-state index contributed by atoms with van der Waals surface area (Å²) < 4.78 is 2.80. The number of aromatic nitrogens is 1. The van der Waals surface area contributed by atoms with Crippen LogP contribution in [-0.4, -0.2) is 34.9 Å². The van der Waals surface area contributed by atoms with Gasteiger partial charge in [-0.15, -0.1) is 12.4 Å². The zero-order valence-corrected chi connectivity index (χ0v) is 16.5. The van der Waals surface area contributed by atoms with Gasteiger partial charge in [0.25, 0.3) is 0 Å². The predicted molar refractivity (Wildman–Crippen MR) is 107 cm³/mol. The van der Waals surface area contributed by atoms with E-state index in [1.165, 1.54) is 50.1 Å². The fourth-order valence-corrected chi connectivity index (χ4v) is 4.42. The number of carbonyl (C=O) groups is 1. The molecule has 1 aliphatic rings. The molecule has 0 bridgehead atoms. The molecular weight excluding hydrogens is 356 g/mol. The molecule has 25 heavy (non-hydrogen) atoms. The zero-order valence-electron chi connectivity index (χ0n) is 14.8. The summed E-state index contributed by atoms with van der Waals surface area (Å²) in [5.41, 5.74) is 1.68. The van der Waals surface area contributed by atoms with Crippen molar-refractivity contribution in [2.45, 2.75) is 52.0 Å². The van der Waals surface area contributed by atoms with Gasteiger partial charge in [0.05, 0.1) is 10.2 Å². The Morgan fingerprint density at radius 3 is 2.52 bits per heavy atom. The van der Waals surface area contributed by atoms with Gasteiger partial charge in [-0.05, 0) is 57.1 Å². The number of nitrogens with zero attached hydrogens (tertiary/aromatic N) is 2. The van der Waals surface area contributed by atoms with Gasteiger partial charge in [0.1, 0.15) is 0 Å². The van der Waals surface area contributed by atoms with Crippen molar-refractivity contribution in [3.63, 3.8) is 0 Å². The molecule has 2 heterocycles. The van der Waals surface area contributed by atoms with Crippen LogP contribution in [0.3, 0.4) is 0 Å². The van der Waals surface area contributed by atoms with Crippen molar-refractivity contribution in [2.24, 2.45) is 0 Å². The number of rotatable bonds is 6. The topological polar surface area (TPSA) is 42.3 Å². The van der Waals surface area contributed by atoms with E-state index in [0.29, 0.717) is 12.0 Å². The van der Waals surface area contributed by atoms with Crippen molar-refractivity contribution >= 4 is 39.7 Å². The summed E-state index contributed by atoms with van der Waals surface area (Å²) in [5, 5.41) is 0. The van der Waals surface area contributed by atoms with Crippen LogP contribution < -0.4 is 4.87 Å². The van der Waals surface area contributed by atoms with Crippen LogP contribution in [0.25, 0.3) is 10.2 Å². The third-order valence-corrected chi connectivity index (χ3v) is 5.81. The molecule has 0 saturated carbocycles. The van der Waals surface area contributed by atoms with Crippen molar-refractivity contribution in [3.05, 3.63) is 33.4 Å². The van der Waals surface area contributed by atoms with Gasteiger partial charge >= 0.3 is 4.87 Å². The highest BCUT2D eigenvalue weighted by molar-refractivity contribution is 7.16. The van der Waals surface area contributed by atoms with Crippen LogP contribution in [0, 0.1) is 0 Å². The number of aryl methyl sites for hydroxylation is 1. The number of ketones is 1. The molecule has 1 aliphatic heterocycles. The van der Waals surface area contributed by atoms with Gasteiger partial charge in [-0.3, -0.25) is 14.2 Å². The van der Waals surface area contributed by atoms with Crippen LogP contribution in [0.4, 0.5) is 0 Å². The standard InChI is InChI=1S/C19H26N2O2S.ClH/c1-2-17(22)15-8-9-16-18(14-15)24-19(23)21(16)13-7-12-20-10-5-3-4-6-11-20;/h8-9,14H,2-7,10-13H2,1H3;1H. The first-order chi connectivity index (χ1) is 11.7. The first kappa shape index (κ1) is 20.1. The van der Waals surface area contributed by atoms with Crippen molar-refractivity contribution in [2.75, 3.05) is 19.6 Å². The van der Waals surface area contributed by atoms with Crippen LogP contribution >= 0.6 is 23.7 Å². The largest absolute Gasteiger partial charge is 0.308 e. The predicted octanol–water partition coefficient (Wildman–Crippen LogP) is 4.34. The first-order valence-electron chi connectivity index (χ1n) is 9.08. The molecule has 3 rings (SSSR count). The molecule has 6 heteroatoms. The second kappa shape index (κ2) is 9.51. The Bertz CT molecular complexity index is 760. The fraction of sp³-hybridized carbons (Fsp3) is 0.579. The Morgan fingerprint density at radius 1 is 1.12 bits per heavy atom. The monoisotopic (exact) mass is 382 g/mol. The average Bonchev–Trinajstić information content (AvgIpc) is 2.77. The van der Waals surface area contributed by atoms with Crippen LogP contribution in [0.1, 0.15) is 55.8 Å². The number of thiazole rings is 1. The Kier molecular flexibility index (Phi) is 7.66. The molecular formula is C19H27ClN2O2S. The second-order valence-corrected chi connectivity index (χ2v) is 7.58. The Balaban J connectivity index is 0.00000225. The van der Waals surface area contributed by atoms with Gasteiger partial charge in [-0.25, -0.2) is 0 Å². The Morgan fingerprint density at radius 2 is 1.84 bits per heavy atom. The zero-order chi connectivity index (χ0) is 16.9. The van der Waals surface area contributed by atoms with Crippen LogP contribution in [-0.2, 0) is 6.54 Å². The van der Waals surface area contributed by atoms with Crippen molar-refractivity contribution < 1.29 is 4.79 Å². The lowest BCUT2D eigenvalue weighted by Crippen LogP contribution is -2.27. The molecule has 1 saturated heterocycles. The lowest BCUT2D eigenvalue weighted by atomic mass is 10.1. The summed E-state index contributed by atoms with van der Waals surface area (Å²) >= 11 is 1.25. The van der Waals surface area contributed by atoms with E-state index in [9.17, 15) is 9.59 Å². The van der Waals surface area contributed by atoms with Crippen LogP contribution in [0.15, 0.2) is 23.0 Å². The van der Waals surface area contributed by atoms with E-state index in [4.69, 9.17) is 0 Å². The summed E-state index contributed by atoms with van der Waals surface area (Å²) in [5.74, 6) is 0.130. The molecule has 0 N–H and O–H groups in total. The van der Waals surface area contributed by atoms with Gasteiger partial charge < -0.3 is 4.90 Å². The minimum Gasteiger partial charge on any atom is -0.303 e. The van der Waals surface area contributed by atoms with E-state index in [2.05, 4.69) is 4.90 Å². The number of fused-ring (bicyclic) bond motifs is 1. The van der Waals surface area contributed by atoms with Gasteiger partial charge in [0.15, 0.2) is 5.78 Å². The second-order valence-electron chi connectivity index (χ2n) is 6.59. The molecule has 0 unspecified atom stereocenters. The van der Waals surface area contributed by atoms with E-state index in [-0.39, 0.29) is 23.1 Å². The average molecular weight is 383 g/mol. The summed E-state index contributed by atoms with van der Waals surface area (Å²) in [4.78, 5) is 26.8. The first-order valence-corrected chi connectivity index (χ1v) is 9.89. The van der Waals surface area contributed by atoms with E-state index < -0.39 is 0 Å². The number of carbonyl (C=O) groups excluding carboxylic acids is 1. The third kappa shape index (κ3) is 4.93. The van der Waals surface area contributed by atoms with Crippen LogP contribution in [0.2, 0.25) is 0 Å². The number of hydrogen-bond acceptors (Lipinski definition) is 4. The molecule has 0 aliphatic carbocycles. The number of hydrogen-bond donors (Lipinski definition) is 0. The van der Waals surface area contributed by atoms with Crippen LogP contribution in [0.5, 0.6) is 0 Å². The summed E-state index contributed by atoms with van der Waals surface area (Å²) in [7, 11) is 0. The molecule has 4 nitrogen and oxygen atoms in total. The molecule has 138 valence electrons. The summed E-state index contributed by atoms with van der Waals surface area (Å²) in [6, 6.07) is 5.66. The van der Waals surface area contributed by atoms with E-state index in [0.717, 1.165) is 29.7 Å². The minimum absolute atomic E-state index is 0. The number of halogens is 1. The molecule has 0 spiro atoms. The summed E-state index contributed by atoms with van der Waals surface area (Å²) in [6.07, 6.45) is 6.80. The van der Waals surface area contributed by atoms with Crippen molar-refractivity contribution in [1.82, 2.24) is 9.47 Å². The maximum atomic E-state index is 12.3. The van der Waals surface area contributed by atoms with E-state index in [1.54, 1.807) is 0 Å². The minimum atomic E-state index is 0. The maximum Gasteiger partial charge on any atom is 0.308 e. The van der Waals surface area contributed by atoms with Gasteiger partial charge in [-0.2, -0.15) is 0 Å². The smallest absolute Gasteiger partial charge is 0.303 e. The number of benzene rings is 1. The molecule has 2 aromatic rings. The SMILES string of the molecule is CCC(=O)c1ccc2c(c1)sc(=O)n2CCCN1CCCCCC1.Cl.